The Labute approximate surface area is 146 Å². The quantitative estimate of drug-likeness (QED) is 0.756. The monoisotopic (exact) mass is 345 g/mol. The van der Waals surface area contributed by atoms with E-state index >= 15 is 0 Å². The Hall–Kier alpha value is -1.92. The molecule has 0 saturated heterocycles. The summed E-state index contributed by atoms with van der Waals surface area (Å²) in [6.07, 6.45) is 5.64. The molecule has 6 heteroatoms. The summed E-state index contributed by atoms with van der Waals surface area (Å²) in [6.45, 7) is 7.45. The summed E-state index contributed by atoms with van der Waals surface area (Å²) < 4.78 is 7.57. The van der Waals surface area contributed by atoms with Crippen molar-refractivity contribution in [2.45, 2.75) is 32.9 Å². The number of rotatable bonds is 6. The predicted octanol–water partition coefficient (Wildman–Crippen LogP) is 3.14. The highest BCUT2D eigenvalue weighted by atomic mass is 32.1. The second kappa shape index (κ2) is 7.77. The van der Waals surface area contributed by atoms with Gasteiger partial charge in [-0.15, -0.1) is 11.3 Å². The van der Waals surface area contributed by atoms with Crippen LogP contribution in [0.5, 0.6) is 0 Å². The van der Waals surface area contributed by atoms with E-state index in [4.69, 9.17) is 4.74 Å². The summed E-state index contributed by atoms with van der Waals surface area (Å²) >= 11 is 1.62. The highest BCUT2D eigenvalue weighted by molar-refractivity contribution is 7.10. The normalized spacial score (nSPS) is 17.4. The maximum absolute atomic E-state index is 12.6. The Morgan fingerprint density at radius 3 is 3.08 bits per heavy atom. The van der Waals surface area contributed by atoms with E-state index in [1.165, 1.54) is 5.56 Å². The lowest BCUT2D eigenvalue weighted by Gasteiger charge is -2.31. The lowest BCUT2D eigenvalue weighted by atomic mass is 9.95. The first-order valence-corrected chi connectivity index (χ1v) is 9.23. The molecule has 1 atom stereocenters. The first kappa shape index (κ1) is 16.9. The average molecular weight is 345 g/mol. The Kier molecular flexibility index (Phi) is 5.48. The fraction of sp³-hybridized carbons (Fsp3) is 0.444. The summed E-state index contributed by atoms with van der Waals surface area (Å²) in [5.74, 6) is 0.217. The van der Waals surface area contributed by atoms with E-state index in [0.717, 1.165) is 17.1 Å². The van der Waals surface area contributed by atoms with Crippen LogP contribution in [0.15, 0.2) is 29.8 Å². The number of nitrogens with zero attached hydrogens (tertiary/aromatic N) is 3. The summed E-state index contributed by atoms with van der Waals surface area (Å²) in [5, 5.41) is 6.62. The van der Waals surface area contributed by atoms with Crippen LogP contribution >= 0.6 is 11.3 Å². The number of thiophene rings is 1. The molecule has 1 amide bonds. The van der Waals surface area contributed by atoms with Gasteiger partial charge in [0.1, 0.15) is 0 Å². The summed E-state index contributed by atoms with van der Waals surface area (Å²) in [5.41, 5.74) is 2.21. The molecule has 1 aliphatic heterocycles. The molecule has 0 fully saturated rings. The molecule has 2 aromatic heterocycles. The molecule has 2 aromatic rings. The summed E-state index contributed by atoms with van der Waals surface area (Å²) in [4.78, 5) is 15.5. The molecule has 3 heterocycles. The van der Waals surface area contributed by atoms with Crippen LogP contribution in [0, 0.1) is 0 Å². The summed E-state index contributed by atoms with van der Waals surface area (Å²) in [6, 6.07) is 3.99. The standard InChI is InChI=1S/C18H23N3O2S/c1-3-21-11-16-14(13-23-4-2)10-20(12-17(16)19-21)18(22)8-7-15-6-5-9-24-15/h5-9,11,14H,3-4,10,12-13H2,1-2H3/b8-7+. The van der Waals surface area contributed by atoms with Gasteiger partial charge in [-0.1, -0.05) is 6.07 Å². The van der Waals surface area contributed by atoms with Gasteiger partial charge < -0.3 is 9.64 Å². The molecule has 0 N–H and O–H groups in total. The minimum absolute atomic E-state index is 0.0293. The third-order valence-electron chi connectivity index (χ3n) is 4.18. The molecule has 128 valence electrons. The third kappa shape index (κ3) is 3.76. The lowest BCUT2D eigenvalue weighted by Crippen LogP contribution is -2.38. The molecule has 0 radical (unpaired) electrons. The number of ether oxygens (including phenoxy) is 1. The first-order valence-electron chi connectivity index (χ1n) is 8.35. The average Bonchev–Trinajstić information content (AvgIpc) is 3.26. The van der Waals surface area contributed by atoms with Gasteiger partial charge in [0, 0.05) is 48.3 Å². The molecule has 0 aliphatic carbocycles. The van der Waals surface area contributed by atoms with Crippen molar-refractivity contribution in [1.82, 2.24) is 14.7 Å². The second-order valence-corrected chi connectivity index (χ2v) is 6.79. The molecule has 0 spiro atoms. The van der Waals surface area contributed by atoms with E-state index in [9.17, 15) is 4.79 Å². The SMILES string of the molecule is CCOCC1CN(C(=O)/C=C/c2cccs2)Cc2nn(CC)cc21. The number of hydrogen-bond donors (Lipinski definition) is 0. The Morgan fingerprint density at radius 1 is 1.50 bits per heavy atom. The number of carbonyl (C=O) groups is 1. The lowest BCUT2D eigenvalue weighted by molar-refractivity contribution is -0.127. The van der Waals surface area contributed by atoms with Crippen LogP contribution in [-0.4, -0.2) is 40.3 Å². The Morgan fingerprint density at radius 2 is 2.38 bits per heavy atom. The van der Waals surface area contributed by atoms with Crippen LogP contribution in [-0.2, 0) is 22.6 Å². The molecular weight excluding hydrogens is 322 g/mol. The molecule has 3 rings (SSSR count). The molecule has 1 aliphatic rings. The second-order valence-electron chi connectivity index (χ2n) is 5.81. The number of aromatic nitrogens is 2. The van der Waals surface area contributed by atoms with Crippen LogP contribution < -0.4 is 0 Å². The third-order valence-corrected chi connectivity index (χ3v) is 5.02. The van der Waals surface area contributed by atoms with Gasteiger partial charge in [-0.2, -0.15) is 5.10 Å². The fourth-order valence-corrected chi connectivity index (χ4v) is 3.55. The van der Waals surface area contributed by atoms with Crippen LogP contribution in [0.25, 0.3) is 6.08 Å². The predicted molar refractivity (Wildman–Crippen MR) is 95.9 cm³/mol. The van der Waals surface area contributed by atoms with Gasteiger partial charge in [-0.25, -0.2) is 0 Å². The van der Waals surface area contributed by atoms with Gasteiger partial charge in [0.2, 0.25) is 5.91 Å². The van der Waals surface area contributed by atoms with Crippen molar-refractivity contribution in [3.8, 4) is 0 Å². The van der Waals surface area contributed by atoms with E-state index in [2.05, 4.69) is 18.2 Å². The van der Waals surface area contributed by atoms with E-state index in [-0.39, 0.29) is 11.8 Å². The zero-order chi connectivity index (χ0) is 16.9. The van der Waals surface area contributed by atoms with Gasteiger partial charge in [0.25, 0.3) is 0 Å². The number of fused-ring (bicyclic) bond motifs is 1. The number of hydrogen-bond acceptors (Lipinski definition) is 4. The molecular formula is C18H23N3O2S. The maximum Gasteiger partial charge on any atom is 0.246 e. The minimum Gasteiger partial charge on any atom is -0.381 e. The Bertz CT molecular complexity index is 706. The van der Waals surface area contributed by atoms with Crippen LogP contribution in [0.1, 0.15) is 35.9 Å². The molecule has 0 saturated carbocycles. The fourth-order valence-electron chi connectivity index (χ4n) is 2.93. The van der Waals surface area contributed by atoms with E-state index in [1.54, 1.807) is 17.4 Å². The first-order chi connectivity index (χ1) is 11.7. The topological polar surface area (TPSA) is 47.4 Å². The van der Waals surface area contributed by atoms with Crippen molar-refractivity contribution in [3.63, 3.8) is 0 Å². The Balaban J connectivity index is 1.76. The van der Waals surface area contributed by atoms with Crippen molar-refractivity contribution in [3.05, 3.63) is 45.9 Å². The number of amides is 1. The van der Waals surface area contributed by atoms with Gasteiger partial charge >= 0.3 is 0 Å². The van der Waals surface area contributed by atoms with Crippen molar-refractivity contribution < 1.29 is 9.53 Å². The highest BCUT2D eigenvalue weighted by Gasteiger charge is 2.30. The highest BCUT2D eigenvalue weighted by Crippen LogP contribution is 2.28. The smallest absolute Gasteiger partial charge is 0.246 e. The van der Waals surface area contributed by atoms with Gasteiger partial charge in [-0.05, 0) is 31.4 Å². The van der Waals surface area contributed by atoms with Crippen LogP contribution in [0.3, 0.4) is 0 Å². The zero-order valence-electron chi connectivity index (χ0n) is 14.1. The van der Waals surface area contributed by atoms with Crippen LogP contribution in [0.2, 0.25) is 0 Å². The van der Waals surface area contributed by atoms with E-state index in [1.807, 2.05) is 40.1 Å². The van der Waals surface area contributed by atoms with Crippen molar-refractivity contribution in [2.24, 2.45) is 0 Å². The van der Waals surface area contributed by atoms with E-state index in [0.29, 0.717) is 26.3 Å². The molecule has 5 nitrogen and oxygen atoms in total. The molecule has 0 aromatic carbocycles. The molecule has 0 bridgehead atoms. The van der Waals surface area contributed by atoms with Gasteiger partial charge in [0.05, 0.1) is 18.8 Å². The summed E-state index contributed by atoms with van der Waals surface area (Å²) in [7, 11) is 0. The van der Waals surface area contributed by atoms with Gasteiger partial charge in [0.15, 0.2) is 0 Å². The molecule has 1 unspecified atom stereocenters. The largest absolute Gasteiger partial charge is 0.381 e. The number of aryl methyl sites for hydroxylation is 1. The minimum atomic E-state index is 0.0293. The maximum atomic E-state index is 12.6. The van der Waals surface area contributed by atoms with Crippen LogP contribution in [0.4, 0.5) is 0 Å². The van der Waals surface area contributed by atoms with Crippen molar-refractivity contribution >= 4 is 23.3 Å². The van der Waals surface area contributed by atoms with Crippen molar-refractivity contribution in [2.75, 3.05) is 19.8 Å². The number of carbonyl (C=O) groups excluding carboxylic acids is 1. The van der Waals surface area contributed by atoms with E-state index < -0.39 is 0 Å². The molecule has 24 heavy (non-hydrogen) atoms. The van der Waals surface area contributed by atoms with Crippen molar-refractivity contribution in [1.29, 1.82) is 0 Å². The zero-order valence-corrected chi connectivity index (χ0v) is 15.0. The van der Waals surface area contributed by atoms with Gasteiger partial charge in [-0.3, -0.25) is 9.48 Å².